The van der Waals surface area contributed by atoms with E-state index in [4.69, 9.17) is 9.90 Å². The van der Waals surface area contributed by atoms with Crippen LogP contribution in [0.3, 0.4) is 0 Å². The second kappa shape index (κ2) is 5.00. The Balaban J connectivity index is 0. The smallest absolute Gasteiger partial charge is 0.475 e. The van der Waals surface area contributed by atoms with Crippen molar-refractivity contribution in [2.24, 2.45) is 5.84 Å². The molecule has 0 unspecified atom stereocenters. The Morgan fingerprint density at radius 1 is 1.60 bits per heavy atom. The van der Waals surface area contributed by atoms with Crippen LogP contribution in [0, 0.1) is 0 Å². The fraction of sp³-hybridized carbons (Fsp3) is 0.667. The van der Waals surface area contributed by atoms with Crippen molar-refractivity contribution in [3.8, 4) is 0 Å². The average Bonchev–Trinajstić information content (AvgIpc) is 1.64. The van der Waals surface area contributed by atoms with Gasteiger partial charge in [0.25, 0.3) is 0 Å². The molecule has 0 amide bonds. The lowest BCUT2D eigenvalue weighted by Crippen LogP contribution is -2.21. The molecular formula is C3H7F3N2O2. The van der Waals surface area contributed by atoms with E-state index in [-0.39, 0.29) is 0 Å². The Bertz CT molecular complexity index is 102. The molecule has 62 valence electrons. The van der Waals surface area contributed by atoms with Crippen LogP contribution < -0.4 is 11.3 Å². The standard InChI is InChI=1S/C2HF3O2.CH6N2/c3-2(4,5)1(6)7;1-3-2/h(H,6,7);3H,2H2,1H3. The van der Waals surface area contributed by atoms with Crippen LogP contribution in [0.15, 0.2) is 0 Å². The van der Waals surface area contributed by atoms with Crippen molar-refractivity contribution in [2.75, 3.05) is 7.05 Å². The lowest BCUT2D eigenvalue weighted by Gasteiger charge is -1.93. The highest BCUT2D eigenvalue weighted by molar-refractivity contribution is 5.73. The number of aliphatic carboxylic acids is 1. The zero-order valence-corrected chi connectivity index (χ0v) is 5.07. The fourth-order valence-corrected chi connectivity index (χ4v) is 0. The highest BCUT2D eigenvalue weighted by atomic mass is 19.4. The number of alkyl halides is 3. The Kier molecular flexibility index (Phi) is 5.96. The number of nitrogens with one attached hydrogen (secondary N) is 1. The Morgan fingerprint density at radius 3 is 1.70 bits per heavy atom. The average molecular weight is 160 g/mol. The second-order valence-corrected chi connectivity index (χ2v) is 1.09. The molecule has 0 aliphatic rings. The highest BCUT2D eigenvalue weighted by Crippen LogP contribution is 2.13. The molecule has 0 rings (SSSR count). The first kappa shape index (κ1) is 11.9. The second-order valence-electron chi connectivity index (χ2n) is 1.09. The van der Waals surface area contributed by atoms with E-state index in [9.17, 15) is 13.2 Å². The molecule has 0 aromatic heterocycles. The normalized spacial score (nSPS) is 9.70. The fourth-order valence-electron chi connectivity index (χ4n) is 0. The number of carboxylic acid groups (broad SMARTS) is 1. The molecule has 4 nitrogen and oxygen atoms in total. The maximum absolute atomic E-state index is 10.6. The lowest BCUT2D eigenvalue weighted by molar-refractivity contribution is -0.192. The van der Waals surface area contributed by atoms with Gasteiger partial charge < -0.3 is 5.11 Å². The molecule has 0 saturated heterocycles. The molecule has 7 heteroatoms. The van der Waals surface area contributed by atoms with Gasteiger partial charge in [0, 0.05) is 0 Å². The quantitative estimate of drug-likeness (QED) is 0.336. The molecule has 0 saturated carbocycles. The summed E-state index contributed by atoms with van der Waals surface area (Å²) < 4.78 is 31.7. The van der Waals surface area contributed by atoms with Gasteiger partial charge in [0.1, 0.15) is 0 Å². The molecule has 4 N–H and O–H groups in total. The third kappa shape index (κ3) is 10.2. The van der Waals surface area contributed by atoms with E-state index in [1.807, 2.05) is 0 Å². The van der Waals surface area contributed by atoms with Gasteiger partial charge in [0.15, 0.2) is 0 Å². The lowest BCUT2D eigenvalue weighted by atomic mass is 10.7. The summed E-state index contributed by atoms with van der Waals surface area (Å²) in [6, 6.07) is 0. The topological polar surface area (TPSA) is 75.3 Å². The van der Waals surface area contributed by atoms with Gasteiger partial charge in [0.05, 0.1) is 0 Å². The predicted molar refractivity (Wildman–Crippen MR) is 26.9 cm³/mol. The van der Waals surface area contributed by atoms with Crippen molar-refractivity contribution in [1.82, 2.24) is 5.43 Å². The van der Waals surface area contributed by atoms with Crippen molar-refractivity contribution in [3.63, 3.8) is 0 Å². The van der Waals surface area contributed by atoms with Crippen LogP contribution in [-0.2, 0) is 4.79 Å². The minimum absolute atomic E-state index is 1.65. The molecule has 0 atom stereocenters. The summed E-state index contributed by atoms with van der Waals surface area (Å²) in [7, 11) is 1.65. The van der Waals surface area contributed by atoms with E-state index in [1.54, 1.807) is 7.05 Å². The highest BCUT2D eigenvalue weighted by Gasteiger charge is 2.38. The third-order valence-corrected chi connectivity index (χ3v) is 0.243. The number of carbonyl (C=O) groups is 1. The third-order valence-electron chi connectivity index (χ3n) is 0.243. The van der Waals surface area contributed by atoms with E-state index in [0.717, 1.165) is 0 Å². The largest absolute Gasteiger partial charge is 0.490 e. The molecule has 0 aromatic rings. The Labute approximate surface area is 54.8 Å². The van der Waals surface area contributed by atoms with Crippen molar-refractivity contribution in [3.05, 3.63) is 0 Å². The van der Waals surface area contributed by atoms with Gasteiger partial charge in [-0.1, -0.05) is 0 Å². The van der Waals surface area contributed by atoms with Gasteiger partial charge in [0.2, 0.25) is 0 Å². The van der Waals surface area contributed by atoms with Crippen molar-refractivity contribution in [2.45, 2.75) is 6.18 Å². The SMILES string of the molecule is CNN.O=C(O)C(F)(F)F. The van der Waals surface area contributed by atoms with Crippen LogP contribution in [0.1, 0.15) is 0 Å². The van der Waals surface area contributed by atoms with Gasteiger partial charge in [-0.05, 0) is 7.05 Å². The van der Waals surface area contributed by atoms with Crippen LogP contribution in [0.25, 0.3) is 0 Å². The number of nitrogens with two attached hydrogens (primary N) is 1. The van der Waals surface area contributed by atoms with E-state index in [2.05, 4.69) is 11.3 Å². The number of halogens is 3. The molecule has 0 fully saturated rings. The molecule has 0 aliphatic carbocycles. The minimum atomic E-state index is -5.08. The summed E-state index contributed by atoms with van der Waals surface area (Å²) in [5, 5.41) is 7.12. The summed E-state index contributed by atoms with van der Waals surface area (Å²) in [5.74, 6) is 1.84. The van der Waals surface area contributed by atoms with Gasteiger partial charge in [-0.15, -0.1) is 0 Å². The first-order chi connectivity index (χ1) is 4.36. The molecule has 0 radical (unpaired) electrons. The van der Waals surface area contributed by atoms with Gasteiger partial charge in [-0.3, -0.25) is 11.3 Å². The molecule has 0 heterocycles. The first-order valence-corrected chi connectivity index (χ1v) is 2.03. The number of carboxylic acids is 1. The monoisotopic (exact) mass is 160 g/mol. The zero-order valence-electron chi connectivity index (χ0n) is 5.07. The maximum atomic E-state index is 10.6. The molecule has 0 aliphatic heterocycles. The molecule has 0 aromatic carbocycles. The molecule has 0 spiro atoms. The van der Waals surface area contributed by atoms with E-state index in [1.165, 1.54) is 0 Å². The van der Waals surface area contributed by atoms with Gasteiger partial charge in [-0.2, -0.15) is 13.2 Å². The summed E-state index contributed by atoms with van der Waals surface area (Å²) in [6.45, 7) is 0. The Hall–Kier alpha value is -0.820. The van der Waals surface area contributed by atoms with Crippen molar-refractivity contribution in [1.29, 1.82) is 0 Å². The number of rotatable bonds is 0. The molecule has 0 bridgehead atoms. The van der Waals surface area contributed by atoms with E-state index < -0.39 is 12.1 Å². The van der Waals surface area contributed by atoms with Gasteiger partial charge in [-0.25, -0.2) is 4.79 Å². The number of hydrogen-bond acceptors (Lipinski definition) is 3. The van der Waals surface area contributed by atoms with Crippen molar-refractivity contribution >= 4 is 5.97 Å². The van der Waals surface area contributed by atoms with Crippen LogP contribution in [0.5, 0.6) is 0 Å². The van der Waals surface area contributed by atoms with E-state index in [0.29, 0.717) is 0 Å². The van der Waals surface area contributed by atoms with Crippen molar-refractivity contribution < 1.29 is 23.1 Å². The number of hydrazine groups is 1. The van der Waals surface area contributed by atoms with Crippen LogP contribution in [0.2, 0.25) is 0 Å². The minimum Gasteiger partial charge on any atom is -0.475 e. The summed E-state index contributed by atoms with van der Waals surface area (Å²) >= 11 is 0. The zero-order chi connectivity index (χ0) is 8.78. The Morgan fingerprint density at radius 2 is 1.70 bits per heavy atom. The van der Waals surface area contributed by atoms with Crippen LogP contribution >= 0.6 is 0 Å². The first-order valence-electron chi connectivity index (χ1n) is 2.03. The van der Waals surface area contributed by atoms with Gasteiger partial charge >= 0.3 is 12.1 Å². The number of hydrogen-bond donors (Lipinski definition) is 3. The van der Waals surface area contributed by atoms with Crippen LogP contribution in [0.4, 0.5) is 13.2 Å². The summed E-state index contributed by atoms with van der Waals surface area (Å²) in [5.41, 5.74) is 2.25. The maximum Gasteiger partial charge on any atom is 0.490 e. The molecule has 10 heavy (non-hydrogen) atoms. The van der Waals surface area contributed by atoms with E-state index >= 15 is 0 Å². The summed E-state index contributed by atoms with van der Waals surface area (Å²) in [6.07, 6.45) is -5.08. The van der Waals surface area contributed by atoms with Crippen LogP contribution in [-0.4, -0.2) is 24.3 Å². The summed E-state index contributed by atoms with van der Waals surface area (Å²) in [4.78, 5) is 8.90. The predicted octanol–water partition coefficient (Wildman–Crippen LogP) is -0.287. The molecular weight excluding hydrogens is 153 g/mol.